The van der Waals surface area contributed by atoms with E-state index in [9.17, 15) is 57.5 Å². The molecule has 26 nitrogen and oxygen atoms in total. The predicted molar refractivity (Wildman–Crippen MR) is 502 cm³/mol. The summed E-state index contributed by atoms with van der Waals surface area (Å²) < 4.78 is 43.1. The van der Waals surface area contributed by atoms with Gasteiger partial charge >= 0.3 is 53.8 Å². The van der Waals surface area contributed by atoms with Gasteiger partial charge in [0.15, 0.2) is 0 Å². The lowest BCUT2D eigenvalue weighted by atomic mass is 9.97. The molecule has 0 bridgehead atoms. The minimum Gasteiger partial charge on any atom is -0.469 e. The zero-order valence-electron chi connectivity index (χ0n) is 82.9. The van der Waals surface area contributed by atoms with Crippen LogP contribution in [0.4, 0.5) is 4.79 Å². The maximum absolute atomic E-state index is 11.7. The van der Waals surface area contributed by atoms with E-state index in [1.54, 1.807) is 53.3 Å². The first kappa shape index (κ1) is 125. The summed E-state index contributed by atoms with van der Waals surface area (Å²) in [4.78, 5) is 136. The van der Waals surface area contributed by atoms with Crippen LogP contribution < -0.4 is 11.1 Å². The van der Waals surface area contributed by atoms with Crippen molar-refractivity contribution in [3.8, 4) is 0 Å². The van der Waals surface area contributed by atoms with Crippen LogP contribution in [0.5, 0.6) is 0 Å². The van der Waals surface area contributed by atoms with Crippen molar-refractivity contribution in [2.75, 3.05) is 98.4 Å². The average molecular weight is 1810 g/mol. The fraction of sp³-hybridized carbons (Fsp3) is 0.778. The minimum absolute atomic E-state index is 0.0130. The third-order valence-corrected chi connectivity index (χ3v) is 21.2. The highest BCUT2D eigenvalue weighted by atomic mass is 32.2. The van der Waals surface area contributed by atoms with Crippen molar-refractivity contribution < 1.29 is 105 Å². The fourth-order valence-corrected chi connectivity index (χ4v) is 13.0. The minimum atomic E-state index is -0.539. The molecular formula is C99H176N4O22S. The molecule has 6 heterocycles. The molecule has 6 saturated heterocycles. The summed E-state index contributed by atoms with van der Waals surface area (Å²) in [5, 5.41) is 11.3. The molecule has 1 aromatic rings. The Morgan fingerprint density at radius 1 is 0.556 bits per heavy atom. The first-order chi connectivity index (χ1) is 59.3. The number of carbonyl (C=O) groups excluding carboxylic acids is 12. The number of nitrogens with two attached hydrogens (primary N) is 1. The standard InChI is InChI=1S/C17H30O2.C13H18O2S.C11H21NO.C11H22O2.C10H17NO3.C7H15NO2.C7H14O3.C7H12O2.C6H10O2.C5H9NO.C5H8O2/c1-6-19-17(18)13-16(5)12-8-11-15(4)10-7-9-14(2)3;1-3-15-13(14)9-11(2)10-16-12-7-5-4-6-8-12;1-3-10(2)9-11(13)12-7-5-4-6-8-12;1-9(2)6-5-7-10(3)8-11(12)13-4;1-7-5-8(12)11(6-7)9(13)14-10(2,3)4;2*1-3-10-7(9)4-6(2)5-8;1-6-3-2-4-9-7(8)5-6;1-5-2-3-8-6(7)4-5;1-4-2-5(7)6-3-4;1-4-2-5(6)7-3-4/h9,11,16H,6-8,10,12-13H2,1-5H3;4-8,11H,3,9-10H2,1-2H3;10H,3-9H2,1-2H3;9-10H,5-8H2,1-4H3;7H,5-6H2,1-4H3;6H,3-5,8H2,1-2H3;6,8H,3-5H2,1-2H3;6H,2-5H2,1H3;5H,2-4H2,1H3;4H,2-3H2,1H3,(H,6,7);4H,2-3H2,1H3/b15-11+;;;;;;;;;;. The quantitative estimate of drug-likeness (QED) is 0.0261. The number of amides is 4. The van der Waals surface area contributed by atoms with Crippen molar-refractivity contribution in [2.24, 2.45) is 76.7 Å². The number of nitrogens with zero attached hydrogens (tertiary/aromatic N) is 2. The van der Waals surface area contributed by atoms with Crippen LogP contribution in [0.2, 0.25) is 0 Å². The number of imide groups is 1. The number of hydrogen-bond acceptors (Lipinski definition) is 24. The molecule has 27 heteroatoms. The van der Waals surface area contributed by atoms with Gasteiger partial charge in [0.25, 0.3) is 0 Å². The Morgan fingerprint density at radius 3 is 1.47 bits per heavy atom. The van der Waals surface area contributed by atoms with Gasteiger partial charge in [0.05, 0.1) is 66.2 Å². The molecule has 0 aliphatic carbocycles. The normalized spacial score (nSPS) is 18.8. The molecule has 7 rings (SSSR count). The Labute approximate surface area is 765 Å². The third kappa shape index (κ3) is 80.0. The fourth-order valence-electron chi connectivity index (χ4n) is 12.1. The molecule has 11 unspecified atom stereocenters. The number of esters is 8. The lowest BCUT2D eigenvalue weighted by Gasteiger charge is -2.27. The van der Waals surface area contributed by atoms with Crippen LogP contribution in [0.1, 0.15) is 327 Å². The summed E-state index contributed by atoms with van der Waals surface area (Å²) in [5.74, 6) is 5.75. The number of allylic oxidation sites excluding steroid dienone is 4. The summed E-state index contributed by atoms with van der Waals surface area (Å²) in [6, 6.07) is 10.2. The maximum atomic E-state index is 11.7. The molecule has 11 atom stereocenters. The van der Waals surface area contributed by atoms with Gasteiger partial charge in [0.2, 0.25) is 17.7 Å². The number of cyclic esters (lactones) is 3. The van der Waals surface area contributed by atoms with Crippen molar-refractivity contribution in [3.05, 3.63) is 53.6 Å². The molecule has 4 amide bonds. The van der Waals surface area contributed by atoms with E-state index in [2.05, 4.69) is 134 Å². The van der Waals surface area contributed by atoms with E-state index in [4.69, 9.17) is 39.3 Å². The van der Waals surface area contributed by atoms with Crippen LogP contribution in [0.3, 0.4) is 0 Å². The van der Waals surface area contributed by atoms with Crippen LogP contribution in [0, 0.1) is 71.0 Å². The number of aliphatic hydroxyl groups is 1. The Bertz CT molecular complexity index is 3100. The molecule has 1 aromatic carbocycles. The van der Waals surface area contributed by atoms with Gasteiger partial charge in [-0.3, -0.25) is 52.7 Å². The lowest BCUT2D eigenvalue weighted by Crippen LogP contribution is -2.37. The van der Waals surface area contributed by atoms with Gasteiger partial charge in [0.1, 0.15) is 5.60 Å². The highest BCUT2D eigenvalue weighted by Gasteiger charge is 2.34. The van der Waals surface area contributed by atoms with Crippen LogP contribution in [-0.4, -0.2) is 191 Å². The van der Waals surface area contributed by atoms with E-state index in [0.717, 1.165) is 102 Å². The predicted octanol–water partition coefficient (Wildman–Crippen LogP) is 19.8. The smallest absolute Gasteiger partial charge is 0.417 e. The van der Waals surface area contributed by atoms with E-state index in [1.165, 1.54) is 60.2 Å². The number of carbonyl (C=O) groups is 12. The SMILES string of the molecule is CC1CC(=O)N(C(=O)OC(C)(C)C)C1.CC1CCCOC(=O)C1.CC1CCOC(=O)C1.CC1CNC(=O)C1.CC1COC(=O)C1.CCC(C)CC(=O)N1CCCCC1.CCOC(=O)CC(C)CC/C=C(\C)CCC=C(C)C.CCOC(=O)CC(C)CN.CCOC(=O)CC(C)CO.CCOC(=O)CC(C)CSc1ccccc1.COC(=O)CC(C)CCCC(C)C. The molecule has 6 aliphatic heterocycles. The molecule has 0 saturated carbocycles. The number of hydrogen-bond donors (Lipinski definition) is 3. The Morgan fingerprint density at radius 2 is 1.06 bits per heavy atom. The summed E-state index contributed by atoms with van der Waals surface area (Å²) in [6.07, 6.45) is 26.2. The van der Waals surface area contributed by atoms with E-state index in [1.807, 2.05) is 57.7 Å². The van der Waals surface area contributed by atoms with Crippen molar-refractivity contribution in [3.63, 3.8) is 0 Å². The van der Waals surface area contributed by atoms with Crippen molar-refractivity contribution in [1.82, 2.24) is 15.1 Å². The monoisotopic (exact) mass is 1810 g/mol. The van der Waals surface area contributed by atoms with Gasteiger partial charge in [-0.2, -0.15) is 0 Å². The summed E-state index contributed by atoms with van der Waals surface area (Å²) >= 11 is 1.78. The zero-order valence-corrected chi connectivity index (χ0v) is 83.8. The number of rotatable bonds is 32. The van der Waals surface area contributed by atoms with Crippen molar-refractivity contribution in [2.45, 2.75) is 337 Å². The average Bonchev–Trinajstić information content (AvgIpc) is 1.70. The molecule has 6 aliphatic rings. The number of benzene rings is 1. The molecule has 0 aromatic heterocycles. The van der Waals surface area contributed by atoms with Crippen LogP contribution in [0.25, 0.3) is 0 Å². The van der Waals surface area contributed by atoms with E-state index >= 15 is 0 Å². The molecule has 6 fully saturated rings. The summed E-state index contributed by atoms with van der Waals surface area (Å²) in [6.45, 7) is 55.6. The molecule has 126 heavy (non-hydrogen) atoms. The number of ether oxygens (including phenoxy) is 9. The molecule has 0 spiro atoms. The summed E-state index contributed by atoms with van der Waals surface area (Å²) in [5.41, 5.74) is 7.60. The highest BCUT2D eigenvalue weighted by Crippen LogP contribution is 2.25. The van der Waals surface area contributed by atoms with E-state index in [0.29, 0.717) is 170 Å². The van der Waals surface area contributed by atoms with Crippen molar-refractivity contribution in [1.29, 1.82) is 0 Å². The number of piperidine rings is 1. The Hall–Kier alpha value is -7.39. The second kappa shape index (κ2) is 78.6. The van der Waals surface area contributed by atoms with Gasteiger partial charge in [-0.25, -0.2) is 9.69 Å². The highest BCUT2D eigenvalue weighted by molar-refractivity contribution is 7.99. The second-order valence-electron chi connectivity index (χ2n) is 36.2. The number of methoxy groups -OCH3 is 1. The van der Waals surface area contributed by atoms with E-state index < -0.39 is 11.7 Å². The molecule has 0 radical (unpaired) electrons. The Balaban J connectivity index is -0.000000657. The molecule has 730 valence electrons. The molecular weight excluding hydrogens is 1630 g/mol. The number of aliphatic hydroxyl groups excluding tert-OH is 1. The van der Waals surface area contributed by atoms with Crippen LogP contribution >= 0.6 is 11.8 Å². The Kier molecular flexibility index (Phi) is 77.9. The van der Waals surface area contributed by atoms with Crippen LogP contribution in [-0.2, 0) is 95.4 Å². The first-order valence-corrected chi connectivity index (χ1v) is 47.8. The number of nitrogens with one attached hydrogen (secondary N) is 1. The second-order valence-corrected chi connectivity index (χ2v) is 37.3. The van der Waals surface area contributed by atoms with Gasteiger partial charge < -0.3 is 63.7 Å². The van der Waals surface area contributed by atoms with Crippen LogP contribution in [0.15, 0.2) is 58.5 Å². The molecule has 4 N–H and O–H groups in total. The first-order valence-electron chi connectivity index (χ1n) is 46.8. The summed E-state index contributed by atoms with van der Waals surface area (Å²) in [7, 11) is 1.45. The number of thioether (sulfide) groups is 1. The zero-order chi connectivity index (χ0) is 96.5. The van der Waals surface area contributed by atoms with Gasteiger partial charge in [-0.15, -0.1) is 11.8 Å². The van der Waals surface area contributed by atoms with E-state index in [-0.39, 0.29) is 83.9 Å². The topological polar surface area (TPSA) is 353 Å². The largest absolute Gasteiger partial charge is 0.469 e. The third-order valence-electron chi connectivity index (χ3n) is 19.8. The lowest BCUT2D eigenvalue weighted by molar-refractivity contribution is -0.149. The van der Waals surface area contributed by atoms with Gasteiger partial charge in [-0.1, -0.05) is 164 Å². The van der Waals surface area contributed by atoms with Gasteiger partial charge in [-0.05, 0) is 217 Å². The van der Waals surface area contributed by atoms with Gasteiger partial charge in [0, 0.05) is 107 Å². The number of likely N-dealkylation sites (tertiary alicyclic amines) is 2. The van der Waals surface area contributed by atoms with Crippen molar-refractivity contribution >= 4 is 83.3 Å². The maximum Gasteiger partial charge on any atom is 0.417 e.